The molecule has 138 valence electrons. The van der Waals surface area contributed by atoms with Crippen molar-refractivity contribution in [3.63, 3.8) is 0 Å². The molecule has 0 nitrogen and oxygen atoms in total. The molecule has 0 N–H and O–H groups in total. The molecule has 0 aliphatic rings. The van der Waals surface area contributed by atoms with E-state index in [1.165, 1.54) is 43.2 Å². The van der Waals surface area contributed by atoms with Gasteiger partial charge in [0.1, 0.15) is 0 Å². The summed E-state index contributed by atoms with van der Waals surface area (Å²) in [7, 11) is 3.70. The molecule has 4 aromatic carbocycles. The predicted molar refractivity (Wildman–Crippen MR) is 125 cm³/mol. The summed E-state index contributed by atoms with van der Waals surface area (Å²) in [6.45, 7) is 4.39. The fraction of sp³-hybridized carbons (Fsp3) is 0.0769. The molecule has 0 unspecified atom stereocenters. The third kappa shape index (κ3) is 4.04. The van der Waals surface area contributed by atoms with E-state index < -0.39 is 0 Å². The second-order valence-corrected chi connectivity index (χ2v) is 8.98. The highest BCUT2D eigenvalue weighted by Crippen LogP contribution is 2.47. The molecule has 4 aromatic rings. The number of aryl methyl sites for hydroxylation is 2. The summed E-state index contributed by atoms with van der Waals surface area (Å²) < 4.78 is 0. The van der Waals surface area contributed by atoms with Crippen LogP contribution < -0.4 is 0 Å². The zero-order valence-corrected chi connectivity index (χ0v) is 17.7. The van der Waals surface area contributed by atoms with Crippen LogP contribution in [0.2, 0.25) is 0 Å². The van der Waals surface area contributed by atoms with E-state index in [0.29, 0.717) is 0 Å². The SMILES string of the molecule is Cc1ccccc1SSc1c(C)ccc(-c2ccccc2)c1-c1ccccc1. The second-order valence-electron chi connectivity index (χ2n) is 6.80. The van der Waals surface area contributed by atoms with Crippen LogP contribution in [0, 0.1) is 13.8 Å². The maximum Gasteiger partial charge on any atom is 0.0300 e. The van der Waals surface area contributed by atoms with Gasteiger partial charge in [-0.2, -0.15) is 0 Å². The summed E-state index contributed by atoms with van der Waals surface area (Å²) in [6, 6.07) is 34.5. The van der Waals surface area contributed by atoms with Crippen molar-refractivity contribution in [2.75, 3.05) is 0 Å². The number of benzene rings is 4. The molecule has 0 bridgehead atoms. The van der Waals surface area contributed by atoms with Crippen LogP contribution in [0.25, 0.3) is 22.3 Å². The average Bonchev–Trinajstić information content (AvgIpc) is 2.75. The molecular weight excluding hydrogens is 376 g/mol. The molecule has 28 heavy (non-hydrogen) atoms. The zero-order valence-electron chi connectivity index (χ0n) is 16.1. The minimum Gasteiger partial charge on any atom is -0.0622 e. The molecule has 0 atom stereocenters. The highest BCUT2D eigenvalue weighted by Gasteiger charge is 2.16. The topological polar surface area (TPSA) is 0 Å². The Labute approximate surface area is 175 Å². The average molecular weight is 399 g/mol. The lowest BCUT2D eigenvalue weighted by molar-refractivity contribution is 1.30. The fourth-order valence-electron chi connectivity index (χ4n) is 3.28. The number of rotatable bonds is 5. The van der Waals surface area contributed by atoms with Crippen molar-refractivity contribution in [3.8, 4) is 22.3 Å². The van der Waals surface area contributed by atoms with E-state index in [-0.39, 0.29) is 0 Å². The van der Waals surface area contributed by atoms with E-state index in [9.17, 15) is 0 Å². The molecule has 0 radical (unpaired) electrons. The fourth-order valence-corrected chi connectivity index (χ4v) is 6.02. The Morgan fingerprint density at radius 1 is 0.500 bits per heavy atom. The van der Waals surface area contributed by atoms with Gasteiger partial charge in [-0.15, -0.1) is 0 Å². The molecule has 0 amide bonds. The quantitative estimate of drug-likeness (QED) is 0.309. The van der Waals surface area contributed by atoms with Gasteiger partial charge in [0.15, 0.2) is 0 Å². The van der Waals surface area contributed by atoms with Crippen LogP contribution in [-0.4, -0.2) is 0 Å². The summed E-state index contributed by atoms with van der Waals surface area (Å²) >= 11 is 0. The van der Waals surface area contributed by atoms with Gasteiger partial charge < -0.3 is 0 Å². The van der Waals surface area contributed by atoms with E-state index in [1.807, 2.05) is 21.6 Å². The van der Waals surface area contributed by atoms with Gasteiger partial charge in [-0.1, -0.05) is 113 Å². The first-order chi connectivity index (χ1) is 13.7. The molecule has 0 aliphatic heterocycles. The van der Waals surface area contributed by atoms with Crippen molar-refractivity contribution in [3.05, 3.63) is 108 Å². The predicted octanol–water partition coefficient (Wildman–Crippen LogP) is 8.44. The first kappa shape index (κ1) is 18.9. The van der Waals surface area contributed by atoms with Crippen LogP contribution >= 0.6 is 21.6 Å². The highest BCUT2D eigenvalue weighted by atomic mass is 33.1. The van der Waals surface area contributed by atoms with Gasteiger partial charge in [0.05, 0.1) is 0 Å². The van der Waals surface area contributed by atoms with E-state index in [4.69, 9.17) is 0 Å². The van der Waals surface area contributed by atoms with E-state index >= 15 is 0 Å². The Hall–Kier alpha value is -2.42. The van der Waals surface area contributed by atoms with Crippen LogP contribution in [0.3, 0.4) is 0 Å². The highest BCUT2D eigenvalue weighted by molar-refractivity contribution is 8.76. The lowest BCUT2D eigenvalue weighted by Crippen LogP contribution is -1.91. The lowest BCUT2D eigenvalue weighted by Gasteiger charge is -2.18. The first-order valence-electron chi connectivity index (χ1n) is 9.38. The van der Waals surface area contributed by atoms with Crippen molar-refractivity contribution in [1.29, 1.82) is 0 Å². The molecule has 4 rings (SSSR count). The van der Waals surface area contributed by atoms with Crippen LogP contribution in [0.4, 0.5) is 0 Å². The lowest BCUT2D eigenvalue weighted by atomic mass is 9.93. The van der Waals surface area contributed by atoms with Crippen LogP contribution in [0.15, 0.2) is 107 Å². The van der Waals surface area contributed by atoms with E-state index in [1.54, 1.807) is 0 Å². The van der Waals surface area contributed by atoms with Gasteiger partial charge in [0.2, 0.25) is 0 Å². The Bertz CT molecular complexity index is 1070. The normalized spacial score (nSPS) is 10.8. The minimum absolute atomic E-state index is 1.25. The third-order valence-electron chi connectivity index (χ3n) is 4.81. The monoisotopic (exact) mass is 398 g/mol. The van der Waals surface area contributed by atoms with Crippen molar-refractivity contribution in [1.82, 2.24) is 0 Å². The standard InChI is InChI=1S/C26H22S2/c1-19-11-9-10-16-24(19)27-28-26-20(2)17-18-23(21-12-5-3-6-13-21)25(26)22-14-7-4-8-15-22/h3-18H,1-2H3. The Balaban J connectivity index is 1.84. The number of hydrogen-bond donors (Lipinski definition) is 0. The Kier molecular flexibility index (Phi) is 5.90. The summed E-state index contributed by atoms with van der Waals surface area (Å²) in [6.07, 6.45) is 0. The number of hydrogen-bond acceptors (Lipinski definition) is 2. The molecule has 0 aliphatic carbocycles. The maximum absolute atomic E-state index is 2.26. The molecule has 0 aromatic heterocycles. The van der Waals surface area contributed by atoms with Crippen molar-refractivity contribution in [2.24, 2.45) is 0 Å². The van der Waals surface area contributed by atoms with Crippen LogP contribution in [0.1, 0.15) is 11.1 Å². The molecule has 0 spiro atoms. The molecule has 0 saturated carbocycles. The molecule has 0 saturated heterocycles. The van der Waals surface area contributed by atoms with Gasteiger partial charge >= 0.3 is 0 Å². The van der Waals surface area contributed by atoms with Crippen molar-refractivity contribution in [2.45, 2.75) is 23.6 Å². The second kappa shape index (κ2) is 8.72. The first-order valence-corrected chi connectivity index (χ1v) is 11.5. The summed E-state index contributed by atoms with van der Waals surface area (Å²) in [5.74, 6) is 0. The summed E-state index contributed by atoms with van der Waals surface area (Å²) in [5.41, 5.74) is 7.74. The van der Waals surface area contributed by atoms with Gasteiger partial charge in [0.25, 0.3) is 0 Å². The molecule has 2 heteroatoms. The molecular formula is C26H22S2. The Morgan fingerprint density at radius 2 is 1.11 bits per heavy atom. The van der Waals surface area contributed by atoms with Gasteiger partial charge in [-0.3, -0.25) is 0 Å². The van der Waals surface area contributed by atoms with Gasteiger partial charge in [0, 0.05) is 15.4 Å². The van der Waals surface area contributed by atoms with E-state index in [2.05, 4.69) is 111 Å². The Morgan fingerprint density at radius 3 is 1.79 bits per heavy atom. The minimum atomic E-state index is 1.25. The maximum atomic E-state index is 2.26. The van der Waals surface area contributed by atoms with Crippen LogP contribution in [0.5, 0.6) is 0 Å². The van der Waals surface area contributed by atoms with Gasteiger partial charge in [-0.05, 0) is 47.7 Å². The summed E-state index contributed by atoms with van der Waals surface area (Å²) in [4.78, 5) is 2.65. The zero-order chi connectivity index (χ0) is 19.3. The summed E-state index contributed by atoms with van der Waals surface area (Å²) in [5, 5.41) is 0. The van der Waals surface area contributed by atoms with Crippen molar-refractivity contribution >= 4 is 21.6 Å². The molecule has 0 heterocycles. The van der Waals surface area contributed by atoms with Crippen molar-refractivity contribution < 1.29 is 0 Å². The van der Waals surface area contributed by atoms with Gasteiger partial charge in [-0.25, -0.2) is 0 Å². The van der Waals surface area contributed by atoms with E-state index in [0.717, 1.165) is 0 Å². The third-order valence-corrected chi connectivity index (χ3v) is 7.51. The largest absolute Gasteiger partial charge is 0.0622 e. The van der Waals surface area contributed by atoms with Crippen LogP contribution in [-0.2, 0) is 0 Å². The molecule has 0 fully saturated rings. The smallest absolute Gasteiger partial charge is 0.0300 e.